The van der Waals surface area contributed by atoms with Gasteiger partial charge in [-0.15, -0.1) is 0 Å². The number of hydrogen-bond acceptors (Lipinski definition) is 2. The molecule has 0 saturated carbocycles. The zero-order chi connectivity index (χ0) is 11.8. The van der Waals surface area contributed by atoms with Crippen molar-refractivity contribution in [3.05, 3.63) is 29.8 Å². The van der Waals surface area contributed by atoms with Crippen molar-refractivity contribution < 1.29 is 4.74 Å². The Hall–Kier alpha value is -1.02. The van der Waals surface area contributed by atoms with Crippen molar-refractivity contribution in [3.63, 3.8) is 0 Å². The second-order valence-corrected chi connectivity index (χ2v) is 5.44. The van der Waals surface area contributed by atoms with Gasteiger partial charge in [0.05, 0.1) is 7.11 Å². The molecule has 0 aliphatic carbocycles. The summed E-state index contributed by atoms with van der Waals surface area (Å²) in [5.41, 5.74) is 1.46. The molecule has 2 nitrogen and oxygen atoms in total. The van der Waals surface area contributed by atoms with Crippen molar-refractivity contribution in [1.82, 2.24) is 4.90 Å². The Morgan fingerprint density at radius 3 is 2.94 bits per heavy atom. The minimum absolute atomic E-state index is 0.711. The molecule has 3 atom stereocenters. The lowest BCUT2D eigenvalue weighted by molar-refractivity contribution is 0.174. The lowest BCUT2D eigenvalue weighted by Crippen LogP contribution is -2.37. The van der Waals surface area contributed by atoms with E-state index in [9.17, 15) is 0 Å². The van der Waals surface area contributed by atoms with Crippen molar-refractivity contribution >= 4 is 0 Å². The fourth-order valence-electron chi connectivity index (χ4n) is 3.69. The molecule has 0 radical (unpaired) electrons. The van der Waals surface area contributed by atoms with Gasteiger partial charge in [-0.1, -0.05) is 18.6 Å². The highest BCUT2D eigenvalue weighted by atomic mass is 16.5. The van der Waals surface area contributed by atoms with Crippen LogP contribution in [0.5, 0.6) is 5.75 Å². The third-order valence-corrected chi connectivity index (χ3v) is 4.65. The molecular weight excluding hydrogens is 210 g/mol. The van der Waals surface area contributed by atoms with E-state index in [0.29, 0.717) is 5.92 Å². The molecule has 0 N–H and O–H groups in total. The number of hydrogen-bond donors (Lipinski definition) is 0. The number of piperidine rings is 1. The number of rotatable bonds is 2. The zero-order valence-electron chi connectivity index (χ0n) is 10.7. The Balaban J connectivity index is 1.89. The van der Waals surface area contributed by atoms with Crippen LogP contribution in [0.25, 0.3) is 0 Å². The maximum atomic E-state index is 5.34. The summed E-state index contributed by atoms with van der Waals surface area (Å²) in [6.07, 6.45) is 5.47. The Morgan fingerprint density at radius 2 is 2.18 bits per heavy atom. The second-order valence-electron chi connectivity index (χ2n) is 5.44. The first-order valence-electron chi connectivity index (χ1n) is 6.65. The molecule has 2 aliphatic rings. The van der Waals surface area contributed by atoms with Crippen LogP contribution in [0.4, 0.5) is 0 Å². The van der Waals surface area contributed by atoms with Crippen LogP contribution in [0, 0.1) is 0 Å². The first-order valence-corrected chi connectivity index (χ1v) is 6.65. The summed E-state index contributed by atoms with van der Waals surface area (Å²) in [6.45, 7) is 0. The number of benzene rings is 1. The molecule has 1 aromatic carbocycles. The Bertz CT molecular complexity index is 404. The third kappa shape index (κ3) is 1.85. The van der Waals surface area contributed by atoms with Gasteiger partial charge < -0.3 is 4.74 Å². The van der Waals surface area contributed by atoms with E-state index in [1.807, 2.05) is 6.07 Å². The van der Waals surface area contributed by atoms with Gasteiger partial charge in [0.25, 0.3) is 0 Å². The zero-order valence-corrected chi connectivity index (χ0v) is 10.7. The number of ether oxygens (including phenoxy) is 1. The van der Waals surface area contributed by atoms with Crippen LogP contribution in [0.1, 0.15) is 37.2 Å². The summed E-state index contributed by atoms with van der Waals surface area (Å²) in [5, 5.41) is 0. The molecule has 2 aliphatic heterocycles. The van der Waals surface area contributed by atoms with Crippen LogP contribution in [0.15, 0.2) is 24.3 Å². The van der Waals surface area contributed by atoms with E-state index < -0.39 is 0 Å². The molecule has 0 aromatic heterocycles. The maximum Gasteiger partial charge on any atom is 0.119 e. The van der Waals surface area contributed by atoms with Gasteiger partial charge >= 0.3 is 0 Å². The minimum Gasteiger partial charge on any atom is -0.497 e. The van der Waals surface area contributed by atoms with E-state index in [-0.39, 0.29) is 0 Å². The Morgan fingerprint density at radius 1 is 1.29 bits per heavy atom. The van der Waals surface area contributed by atoms with Crippen molar-refractivity contribution in [2.24, 2.45) is 0 Å². The van der Waals surface area contributed by atoms with Gasteiger partial charge in [0.1, 0.15) is 5.75 Å². The second kappa shape index (κ2) is 4.34. The highest BCUT2D eigenvalue weighted by molar-refractivity contribution is 5.33. The summed E-state index contributed by atoms with van der Waals surface area (Å²) in [4.78, 5) is 2.60. The standard InChI is InChI=1S/C15H21NO/c1-16-12-6-4-8-15(16)14(10-12)11-5-3-7-13(9-11)17-2/h3,5,7,9,12,14-15H,4,6,8,10H2,1-2H3/t12-,14+,15+/m0/s1. The largest absolute Gasteiger partial charge is 0.497 e. The smallest absolute Gasteiger partial charge is 0.119 e. The van der Waals surface area contributed by atoms with E-state index in [0.717, 1.165) is 17.8 Å². The normalized spacial score (nSPS) is 32.7. The van der Waals surface area contributed by atoms with E-state index >= 15 is 0 Å². The molecular formula is C15H21NO. The molecule has 2 bridgehead atoms. The lowest BCUT2D eigenvalue weighted by Gasteiger charge is -2.32. The fourth-order valence-corrected chi connectivity index (χ4v) is 3.69. The predicted molar refractivity (Wildman–Crippen MR) is 69.5 cm³/mol. The van der Waals surface area contributed by atoms with Gasteiger partial charge in [-0.2, -0.15) is 0 Å². The Kier molecular flexibility index (Phi) is 2.83. The van der Waals surface area contributed by atoms with Gasteiger partial charge in [-0.3, -0.25) is 4.90 Å². The van der Waals surface area contributed by atoms with Crippen LogP contribution in [-0.2, 0) is 0 Å². The molecule has 2 heterocycles. The number of methoxy groups -OCH3 is 1. The molecule has 2 heteroatoms. The average Bonchev–Trinajstić information content (AvgIpc) is 2.57. The predicted octanol–water partition coefficient (Wildman–Crippen LogP) is 3.04. The van der Waals surface area contributed by atoms with Crippen LogP contribution in [-0.4, -0.2) is 31.1 Å². The summed E-state index contributed by atoms with van der Waals surface area (Å²) < 4.78 is 5.34. The first kappa shape index (κ1) is 11.1. The van der Waals surface area contributed by atoms with E-state index in [1.54, 1.807) is 7.11 Å². The number of nitrogens with zero attached hydrogens (tertiary/aromatic N) is 1. The molecule has 2 fully saturated rings. The Labute approximate surface area is 104 Å². The van der Waals surface area contributed by atoms with Gasteiger partial charge in [-0.05, 0) is 44.0 Å². The molecule has 0 unspecified atom stereocenters. The van der Waals surface area contributed by atoms with Crippen LogP contribution >= 0.6 is 0 Å². The van der Waals surface area contributed by atoms with E-state index in [4.69, 9.17) is 4.74 Å². The van der Waals surface area contributed by atoms with Gasteiger partial charge in [-0.25, -0.2) is 0 Å². The van der Waals surface area contributed by atoms with Crippen LogP contribution in [0.2, 0.25) is 0 Å². The van der Waals surface area contributed by atoms with E-state index in [1.165, 1.54) is 31.2 Å². The van der Waals surface area contributed by atoms with E-state index in [2.05, 4.69) is 30.1 Å². The maximum absolute atomic E-state index is 5.34. The van der Waals surface area contributed by atoms with Crippen molar-refractivity contribution in [2.45, 2.75) is 43.7 Å². The van der Waals surface area contributed by atoms with Crippen LogP contribution in [0.3, 0.4) is 0 Å². The van der Waals surface area contributed by atoms with Gasteiger partial charge in [0, 0.05) is 18.0 Å². The topological polar surface area (TPSA) is 12.5 Å². The SMILES string of the molecule is COc1cccc([C@H]2C[C@@H]3CCC[C@H]2N3C)c1. The molecule has 3 rings (SSSR count). The molecule has 1 aromatic rings. The molecule has 92 valence electrons. The molecule has 2 saturated heterocycles. The first-order chi connectivity index (χ1) is 8.29. The highest BCUT2D eigenvalue weighted by Gasteiger charge is 2.41. The average molecular weight is 231 g/mol. The lowest BCUT2D eigenvalue weighted by atomic mass is 9.90. The summed E-state index contributed by atoms with van der Waals surface area (Å²) in [7, 11) is 4.05. The summed E-state index contributed by atoms with van der Waals surface area (Å²) in [5.74, 6) is 1.70. The van der Waals surface area contributed by atoms with Gasteiger partial charge in [0.15, 0.2) is 0 Å². The monoisotopic (exact) mass is 231 g/mol. The highest BCUT2D eigenvalue weighted by Crippen LogP contribution is 2.44. The van der Waals surface area contributed by atoms with Crippen LogP contribution < -0.4 is 4.74 Å². The third-order valence-electron chi connectivity index (χ3n) is 4.65. The quantitative estimate of drug-likeness (QED) is 0.775. The number of likely N-dealkylation sites (N-methyl/N-ethyl adjacent to an activating group) is 1. The summed E-state index contributed by atoms with van der Waals surface area (Å²) in [6, 6.07) is 10.2. The van der Waals surface area contributed by atoms with Crippen molar-refractivity contribution in [3.8, 4) is 5.75 Å². The molecule has 17 heavy (non-hydrogen) atoms. The minimum atomic E-state index is 0.711. The molecule has 0 spiro atoms. The fraction of sp³-hybridized carbons (Fsp3) is 0.600. The van der Waals surface area contributed by atoms with Gasteiger partial charge in [0.2, 0.25) is 0 Å². The van der Waals surface area contributed by atoms with Crippen molar-refractivity contribution in [1.29, 1.82) is 0 Å². The summed E-state index contributed by atoms with van der Waals surface area (Å²) >= 11 is 0. The molecule has 0 amide bonds. The number of fused-ring (bicyclic) bond motifs is 2. The van der Waals surface area contributed by atoms with Crippen molar-refractivity contribution in [2.75, 3.05) is 14.2 Å².